The van der Waals surface area contributed by atoms with Gasteiger partial charge in [-0.3, -0.25) is 4.79 Å². The molecule has 2 aromatic carbocycles. The highest BCUT2D eigenvalue weighted by atomic mass is 32.2. The average Bonchev–Trinajstić information content (AvgIpc) is 2.59. The fourth-order valence-electron chi connectivity index (χ4n) is 2.47. The lowest BCUT2D eigenvalue weighted by atomic mass is 9.94. The Labute approximate surface area is 142 Å². The molecule has 0 spiro atoms. The Morgan fingerprint density at radius 1 is 1.22 bits per heavy atom. The van der Waals surface area contributed by atoms with Crippen LogP contribution >= 0.6 is 11.8 Å². The Morgan fingerprint density at radius 2 is 1.91 bits per heavy atom. The first-order chi connectivity index (χ1) is 11.0. The van der Waals surface area contributed by atoms with E-state index >= 15 is 0 Å². The van der Waals surface area contributed by atoms with Gasteiger partial charge in [0.1, 0.15) is 0 Å². The van der Waals surface area contributed by atoms with E-state index in [4.69, 9.17) is 5.73 Å². The van der Waals surface area contributed by atoms with E-state index < -0.39 is 0 Å². The minimum absolute atomic E-state index is 0.0195. The first-order valence-corrected chi connectivity index (χ1v) is 8.97. The van der Waals surface area contributed by atoms with Crippen LogP contribution in [0.4, 0.5) is 0 Å². The lowest BCUT2D eigenvalue weighted by molar-refractivity contribution is -0.125. The molecule has 2 rings (SSSR count). The summed E-state index contributed by atoms with van der Waals surface area (Å²) in [7, 11) is 0. The lowest BCUT2D eigenvalue weighted by Gasteiger charge is -2.20. The van der Waals surface area contributed by atoms with Crippen LogP contribution in [-0.4, -0.2) is 12.2 Å². The number of carbonyl (C=O) groups is 1. The number of nitrogens with one attached hydrogen (secondary N) is 1. The van der Waals surface area contributed by atoms with Gasteiger partial charge in [-0.25, -0.2) is 0 Å². The van der Waals surface area contributed by atoms with E-state index in [1.165, 1.54) is 10.5 Å². The van der Waals surface area contributed by atoms with Crippen LogP contribution in [0.1, 0.15) is 29.7 Å². The number of rotatable bonds is 6. The number of aryl methyl sites for hydroxylation is 1. The Balaban J connectivity index is 1.99. The predicted octanol–water partition coefficient (Wildman–Crippen LogP) is 3.67. The van der Waals surface area contributed by atoms with Crippen molar-refractivity contribution in [3.05, 3.63) is 65.2 Å². The number of nitrogens with two attached hydrogens (primary N) is 1. The van der Waals surface area contributed by atoms with Gasteiger partial charge in [0, 0.05) is 17.5 Å². The smallest absolute Gasteiger partial charge is 0.225 e. The summed E-state index contributed by atoms with van der Waals surface area (Å²) in [6, 6.07) is 15.7. The van der Waals surface area contributed by atoms with Crippen molar-refractivity contribution in [1.29, 1.82) is 0 Å². The zero-order valence-corrected chi connectivity index (χ0v) is 14.7. The zero-order chi connectivity index (χ0) is 16.8. The molecule has 0 fully saturated rings. The number of hydrogen-bond acceptors (Lipinski definition) is 3. The molecule has 4 heteroatoms. The molecule has 3 nitrogen and oxygen atoms in total. The van der Waals surface area contributed by atoms with Gasteiger partial charge < -0.3 is 11.1 Å². The van der Waals surface area contributed by atoms with Gasteiger partial charge in [-0.15, -0.1) is 11.8 Å². The molecule has 2 aromatic rings. The van der Waals surface area contributed by atoms with Crippen LogP contribution in [0.5, 0.6) is 0 Å². The van der Waals surface area contributed by atoms with E-state index in [0.717, 1.165) is 11.1 Å². The topological polar surface area (TPSA) is 55.1 Å². The Morgan fingerprint density at radius 3 is 2.57 bits per heavy atom. The van der Waals surface area contributed by atoms with E-state index in [1.807, 2.05) is 43.5 Å². The number of carbonyl (C=O) groups excluding carboxylic acids is 1. The molecule has 0 aromatic heterocycles. The molecule has 0 bridgehead atoms. The van der Waals surface area contributed by atoms with E-state index in [9.17, 15) is 4.79 Å². The normalized spacial score (nSPS) is 13.4. The number of hydrogen-bond donors (Lipinski definition) is 2. The van der Waals surface area contributed by atoms with Gasteiger partial charge in [0.2, 0.25) is 5.91 Å². The highest BCUT2D eigenvalue weighted by Crippen LogP contribution is 2.23. The van der Waals surface area contributed by atoms with Crippen molar-refractivity contribution in [2.75, 3.05) is 6.26 Å². The Hall–Kier alpha value is -1.78. The standard InChI is InChI=1S/C19H24N2OS/c1-13-9-10-16(17(11-13)23-3)12-21-19(22)14(2)18(20)15-7-5-4-6-8-15/h4-11,14,18H,12,20H2,1-3H3,(H,21,22). The minimum Gasteiger partial charge on any atom is -0.352 e. The molecule has 2 atom stereocenters. The molecule has 122 valence electrons. The van der Waals surface area contributed by atoms with E-state index in [0.29, 0.717) is 6.54 Å². The van der Waals surface area contributed by atoms with E-state index in [-0.39, 0.29) is 17.9 Å². The fraction of sp³-hybridized carbons (Fsp3) is 0.316. The molecule has 3 N–H and O–H groups in total. The van der Waals surface area contributed by atoms with Crippen molar-refractivity contribution in [2.24, 2.45) is 11.7 Å². The average molecular weight is 328 g/mol. The predicted molar refractivity (Wildman–Crippen MR) is 97.3 cm³/mol. The SMILES string of the molecule is CSc1cc(C)ccc1CNC(=O)C(C)C(N)c1ccccc1. The maximum Gasteiger partial charge on any atom is 0.225 e. The van der Waals surface area contributed by atoms with E-state index in [2.05, 4.69) is 30.4 Å². The third kappa shape index (κ3) is 4.60. The van der Waals surface area contributed by atoms with Crippen LogP contribution in [0.15, 0.2) is 53.4 Å². The van der Waals surface area contributed by atoms with Crippen LogP contribution in [0, 0.1) is 12.8 Å². The number of amides is 1. The fourth-order valence-corrected chi connectivity index (χ4v) is 3.17. The molecule has 1 amide bonds. The van der Waals surface area contributed by atoms with Crippen LogP contribution in [0.3, 0.4) is 0 Å². The van der Waals surface area contributed by atoms with Gasteiger partial charge in [-0.1, -0.05) is 49.4 Å². The molecule has 0 saturated heterocycles. The Kier molecular flexibility index (Phi) is 6.25. The van der Waals surface area contributed by atoms with Crippen LogP contribution in [-0.2, 0) is 11.3 Å². The maximum absolute atomic E-state index is 12.4. The summed E-state index contributed by atoms with van der Waals surface area (Å²) >= 11 is 1.70. The zero-order valence-electron chi connectivity index (χ0n) is 13.9. The molecule has 0 aliphatic heterocycles. The second kappa shape index (κ2) is 8.18. The Bertz CT molecular complexity index is 658. The summed E-state index contributed by atoms with van der Waals surface area (Å²) in [5, 5.41) is 3.01. The van der Waals surface area contributed by atoms with Gasteiger partial charge in [0.15, 0.2) is 0 Å². The first-order valence-electron chi connectivity index (χ1n) is 7.74. The third-order valence-corrected chi connectivity index (χ3v) is 4.85. The van der Waals surface area contributed by atoms with Gasteiger partial charge in [-0.2, -0.15) is 0 Å². The highest BCUT2D eigenvalue weighted by Gasteiger charge is 2.21. The molecule has 23 heavy (non-hydrogen) atoms. The van der Waals surface area contributed by atoms with Gasteiger partial charge in [0.25, 0.3) is 0 Å². The lowest BCUT2D eigenvalue weighted by Crippen LogP contribution is -2.35. The summed E-state index contributed by atoms with van der Waals surface area (Å²) in [4.78, 5) is 13.6. The monoisotopic (exact) mass is 328 g/mol. The summed E-state index contributed by atoms with van der Waals surface area (Å²) in [6.45, 7) is 4.47. The summed E-state index contributed by atoms with van der Waals surface area (Å²) in [5.41, 5.74) is 9.56. The summed E-state index contributed by atoms with van der Waals surface area (Å²) in [5.74, 6) is -0.297. The number of benzene rings is 2. The quantitative estimate of drug-likeness (QED) is 0.796. The molecule has 0 aliphatic carbocycles. The molecule has 0 radical (unpaired) electrons. The van der Waals surface area contributed by atoms with Crippen LogP contribution < -0.4 is 11.1 Å². The van der Waals surface area contributed by atoms with Crippen molar-refractivity contribution >= 4 is 17.7 Å². The van der Waals surface area contributed by atoms with Crippen molar-refractivity contribution in [3.63, 3.8) is 0 Å². The molecule has 0 aliphatic rings. The molecular weight excluding hydrogens is 304 g/mol. The van der Waals surface area contributed by atoms with Gasteiger partial charge >= 0.3 is 0 Å². The van der Waals surface area contributed by atoms with Crippen molar-refractivity contribution in [2.45, 2.75) is 31.3 Å². The van der Waals surface area contributed by atoms with Gasteiger partial charge in [-0.05, 0) is 35.9 Å². The van der Waals surface area contributed by atoms with Crippen LogP contribution in [0.25, 0.3) is 0 Å². The minimum atomic E-state index is -0.297. The van der Waals surface area contributed by atoms with Gasteiger partial charge in [0.05, 0.1) is 5.92 Å². The third-order valence-electron chi connectivity index (χ3n) is 4.03. The summed E-state index contributed by atoms with van der Waals surface area (Å²) < 4.78 is 0. The van der Waals surface area contributed by atoms with Crippen molar-refractivity contribution < 1.29 is 4.79 Å². The molecule has 0 heterocycles. The maximum atomic E-state index is 12.4. The van der Waals surface area contributed by atoms with Crippen molar-refractivity contribution in [3.8, 4) is 0 Å². The number of thioether (sulfide) groups is 1. The largest absolute Gasteiger partial charge is 0.352 e. The molecular formula is C19H24N2OS. The molecule has 0 saturated carbocycles. The van der Waals surface area contributed by atoms with Crippen molar-refractivity contribution in [1.82, 2.24) is 5.32 Å². The highest BCUT2D eigenvalue weighted by molar-refractivity contribution is 7.98. The second-order valence-corrected chi connectivity index (χ2v) is 6.61. The second-order valence-electron chi connectivity index (χ2n) is 5.76. The first kappa shape index (κ1) is 17.6. The molecule has 2 unspecified atom stereocenters. The summed E-state index contributed by atoms with van der Waals surface area (Å²) in [6.07, 6.45) is 2.05. The van der Waals surface area contributed by atoms with Crippen LogP contribution in [0.2, 0.25) is 0 Å². The van der Waals surface area contributed by atoms with E-state index in [1.54, 1.807) is 11.8 Å².